The molecule has 7 heteroatoms. The van der Waals surface area contributed by atoms with E-state index in [9.17, 15) is 9.59 Å². The SMILES string of the molecule is COc1ccccc1N1CCN(C(=O)CN2C(=O)C(c3ccccc3)=NC23CCCC3)CC1. The minimum atomic E-state index is -0.558. The molecule has 0 N–H and O–H groups in total. The minimum absolute atomic E-state index is 0.00110. The van der Waals surface area contributed by atoms with Crippen molar-refractivity contribution in [3.05, 3.63) is 60.2 Å². The predicted molar refractivity (Wildman–Crippen MR) is 128 cm³/mol. The summed E-state index contributed by atoms with van der Waals surface area (Å²) in [5.74, 6) is 0.719. The fraction of sp³-hybridized carbons (Fsp3) is 0.423. The highest BCUT2D eigenvalue weighted by atomic mass is 16.5. The third kappa shape index (κ3) is 3.96. The molecule has 2 fully saturated rings. The topological polar surface area (TPSA) is 65.5 Å². The lowest BCUT2D eigenvalue weighted by molar-refractivity contribution is -0.140. The minimum Gasteiger partial charge on any atom is -0.495 e. The van der Waals surface area contributed by atoms with Crippen molar-refractivity contribution < 1.29 is 14.3 Å². The summed E-state index contributed by atoms with van der Waals surface area (Å²) in [6, 6.07) is 17.6. The molecule has 1 aliphatic carbocycles. The second-order valence-corrected chi connectivity index (χ2v) is 8.95. The molecule has 2 aliphatic heterocycles. The first kappa shape index (κ1) is 21.5. The Morgan fingerprint density at radius 2 is 1.64 bits per heavy atom. The summed E-state index contributed by atoms with van der Waals surface area (Å²) >= 11 is 0. The molecule has 0 bridgehead atoms. The Morgan fingerprint density at radius 3 is 2.33 bits per heavy atom. The summed E-state index contributed by atoms with van der Waals surface area (Å²) in [4.78, 5) is 37.5. The van der Waals surface area contributed by atoms with Crippen molar-refractivity contribution in [2.24, 2.45) is 4.99 Å². The second-order valence-electron chi connectivity index (χ2n) is 8.95. The van der Waals surface area contributed by atoms with E-state index in [4.69, 9.17) is 9.73 Å². The summed E-state index contributed by atoms with van der Waals surface area (Å²) in [6.07, 6.45) is 3.70. The number of para-hydroxylation sites is 2. The van der Waals surface area contributed by atoms with E-state index in [0.29, 0.717) is 18.8 Å². The lowest BCUT2D eigenvalue weighted by Crippen LogP contribution is -2.54. The second kappa shape index (κ2) is 8.89. The van der Waals surface area contributed by atoms with Crippen LogP contribution in [0.2, 0.25) is 0 Å². The molecule has 1 saturated carbocycles. The quantitative estimate of drug-likeness (QED) is 0.708. The Bertz CT molecular complexity index is 1050. The maximum Gasteiger partial charge on any atom is 0.275 e. The number of aliphatic imine (C=N–C) groups is 1. The van der Waals surface area contributed by atoms with Crippen LogP contribution < -0.4 is 9.64 Å². The zero-order chi connectivity index (χ0) is 22.8. The largest absolute Gasteiger partial charge is 0.495 e. The maximum atomic E-state index is 13.4. The van der Waals surface area contributed by atoms with E-state index in [2.05, 4.69) is 4.90 Å². The highest BCUT2D eigenvalue weighted by Gasteiger charge is 2.49. The third-order valence-corrected chi connectivity index (χ3v) is 7.07. The maximum absolute atomic E-state index is 13.4. The van der Waals surface area contributed by atoms with Gasteiger partial charge in [0.2, 0.25) is 5.91 Å². The standard InChI is InChI=1S/C26H30N4O3/c1-33-22-12-6-5-11-21(22)28-15-17-29(18-16-28)23(31)19-30-25(32)24(20-9-3-2-4-10-20)27-26(30)13-7-8-14-26/h2-6,9-12H,7-8,13-19H2,1H3. The molecule has 33 heavy (non-hydrogen) atoms. The fourth-order valence-electron chi connectivity index (χ4n) is 5.28. The first-order valence-electron chi connectivity index (χ1n) is 11.7. The monoisotopic (exact) mass is 446 g/mol. The Labute approximate surface area is 194 Å². The molecule has 172 valence electrons. The van der Waals surface area contributed by atoms with Crippen LogP contribution in [-0.2, 0) is 9.59 Å². The number of carbonyl (C=O) groups excluding carboxylic acids is 2. The smallest absolute Gasteiger partial charge is 0.275 e. The number of rotatable bonds is 5. The first-order valence-corrected chi connectivity index (χ1v) is 11.7. The van der Waals surface area contributed by atoms with Gasteiger partial charge < -0.3 is 19.4 Å². The zero-order valence-electron chi connectivity index (χ0n) is 19.1. The summed E-state index contributed by atoms with van der Waals surface area (Å²) in [5.41, 5.74) is 1.81. The van der Waals surface area contributed by atoms with E-state index in [1.807, 2.05) is 59.5 Å². The molecule has 3 aliphatic rings. The molecule has 2 amide bonds. The van der Waals surface area contributed by atoms with Crippen LogP contribution in [0.1, 0.15) is 31.2 Å². The third-order valence-electron chi connectivity index (χ3n) is 7.07. The van der Waals surface area contributed by atoms with Gasteiger partial charge in [-0.1, -0.05) is 42.5 Å². The summed E-state index contributed by atoms with van der Waals surface area (Å²) < 4.78 is 5.49. The van der Waals surface area contributed by atoms with Gasteiger partial charge in [-0.05, 0) is 37.8 Å². The van der Waals surface area contributed by atoms with Crippen LogP contribution in [-0.4, -0.2) is 72.8 Å². The molecule has 0 radical (unpaired) electrons. The molecule has 2 aromatic rings. The van der Waals surface area contributed by atoms with Crippen molar-refractivity contribution in [2.45, 2.75) is 31.3 Å². The van der Waals surface area contributed by atoms with Crippen molar-refractivity contribution in [1.29, 1.82) is 0 Å². The normalized spacial score (nSPS) is 19.8. The van der Waals surface area contributed by atoms with Crippen molar-refractivity contribution in [3.8, 4) is 5.75 Å². The van der Waals surface area contributed by atoms with E-state index in [-0.39, 0.29) is 18.4 Å². The van der Waals surface area contributed by atoms with E-state index in [1.54, 1.807) is 12.0 Å². The fourth-order valence-corrected chi connectivity index (χ4v) is 5.28. The van der Waals surface area contributed by atoms with E-state index >= 15 is 0 Å². The molecule has 0 aromatic heterocycles. The molecular formula is C26H30N4O3. The van der Waals surface area contributed by atoms with Gasteiger partial charge in [0, 0.05) is 31.7 Å². The lowest BCUT2D eigenvalue weighted by atomic mass is 10.1. The van der Waals surface area contributed by atoms with Crippen molar-refractivity contribution in [1.82, 2.24) is 9.80 Å². The Morgan fingerprint density at radius 1 is 0.970 bits per heavy atom. The van der Waals surface area contributed by atoms with Gasteiger partial charge >= 0.3 is 0 Å². The van der Waals surface area contributed by atoms with Gasteiger partial charge in [0.15, 0.2) is 0 Å². The van der Waals surface area contributed by atoms with Gasteiger partial charge in [-0.3, -0.25) is 14.6 Å². The van der Waals surface area contributed by atoms with Crippen molar-refractivity contribution >= 4 is 23.2 Å². The van der Waals surface area contributed by atoms with Crippen LogP contribution in [0, 0.1) is 0 Å². The summed E-state index contributed by atoms with van der Waals surface area (Å²) in [5, 5.41) is 0. The number of piperazine rings is 1. The van der Waals surface area contributed by atoms with Crippen LogP contribution in [0.5, 0.6) is 5.75 Å². The Hall–Kier alpha value is -3.35. The molecule has 7 nitrogen and oxygen atoms in total. The number of amides is 2. The van der Waals surface area contributed by atoms with E-state index in [1.165, 1.54) is 0 Å². The molecule has 2 aromatic carbocycles. The summed E-state index contributed by atoms with van der Waals surface area (Å²) in [7, 11) is 1.68. The van der Waals surface area contributed by atoms with Gasteiger partial charge in [0.1, 0.15) is 23.7 Å². The molecular weight excluding hydrogens is 416 g/mol. The van der Waals surface area contributed by atoms with Crippen LogP contribution >= 0.6 is 0 Å². The number of benzene rings is 2. The van der Waals surface area contributed by atoms with Gasteiger partial charge in [-0.25, -0.2) is 0 Å². The molecule has 0 atom stereocenters. The average molecular weight is 447 g/mol. The van der Waals surface area contributed by atoms with Crippen LogP contribution in [0.4, 0.5) is 5.69 Å². The van der Waals surface area contributed by atoms with Gasteiger partial charge in [0.05, 0.1) is 12.8 Å². The lowest BCUT2D eigenvalue weighted by Gasteiger charge is -2.38. The van der Waals surface area contributed by atoms with E-state index < -0.39 is 5.66 Å². The Balaban J connectivity index is 1.27. The van der Waals surface area contributed by atoms with Crippen LogP contribution in [0.25, 0.3) is 0 Å². The van der Waals surface area contributed by atoms with Crippen LogP contribution in [0.3, 0.4) is 0 Å². The van der Waals surface area contributed by atoms with Gasteiger partial charge in [0.25, 0.3) is 5.91 Å². The number of anilines is 1. The highest BCUT2D eigenvalue weighted by Crippen LogP contribution is 2.41. The average Bonchev–Trinajstić information content (AvgIpc) is 3.45. The Kier molecular flexibility index (Phi) is 5.79. The number of ether oxygens (including phenoxy) is 1. The predicted octanol–water partition coefficient (Wildman–Crippen LogP) is 2.95. The molecule has 0 unspecified atom stereocenters. The van der Waals surface area contributed by atoms with Crippen molar-refractivity contribution in [2.75, 3.05) is 44.7 Å². The van der Waals surface area contributed by atoms with Crippen LogP contribution in [0.15, 0.2) is 59.6 Å². The van der Waals surface area contributed by atoms with Gasteiger partial charge in [-0.15, -0.1) is 0 Å². The number of hydrogen-bond donors (Lipinski definition) is 0. The van der Waals surface area contributed by atoms with E-state index in [0.717, 1.165) is 55.8 Å². The first-order chi connectivity index (χ1) is 16.1. The number of carbonyl (C=O) groups is 2. The molecule has 2 heterocycles. The van der Waals surface area contributed by atoms with Gasteiger partial charge in [-0.2, -0.15) is 0 Å². The summed E-state index contributed by atoms with van der Waals surface area (Å²) in [6.45, 7) is 2.80. The van der Waals surface area contributed by atoms with Crippen molar-refractivity contribution in [3.63, 3.8) is 0 Å². The molecule has 1 spiro atoms. The molecule has 1 saturated heterocycles. The number of methoxy groups -OCH3 is 1. The molecule has 5 rings (SSSR count). The number of nitrogens with zero attached hydrogens (tertiary/aromatic N) is 4. The number of hydrogen-bond acceptors (Lipinski definition) is 5. The zero-order valence-corrected chi connectivity index (χ0v) is 19.1. The highest BCUT2D eigenvalue weighted by molar-refractivity contribution is 6.47.